The fraction of sp³-hybridized carbons (Fsp3) is 0.0667. The zero-order valence-corrected chi connectivity index (χ0v) is 21.3. The second-order valence-corrected chi connectivity index (χ2v) is 8.97. The quantitative estimate of drug-likeness (QED) is 0.337. The van der Waals surface area contributed by atoms with E-state index in [2.05, 4.69) is 32.2 Å². The molecule has 10 nitrogen and oxygen atoms in total. The molecule has 0 saturated carbocycles. The van der Waals surface area contributed by atoms with Crippen molar-refractivity contribution in [3.05, 3.63) is 124 Å². The summed E-state index contributed by atoms with van der Waals surface area (Å²) in [4.78, 5) is 40.6. The van der Waals surface area contributed by atoms with Crippen LogP contribution in [0.25, 0.3) is 22.2 Å². The van der Waals surface area contributed by atoms with Crippen LogP contribution in [0.1, 0.15) is 40.3 Å². The summed E-state index contributed by atoms with van der Waals surface area (Å²) in [5, 5.41) is 7.47. The van der Waals surface area contributed by atoms with Crippen LogP contribution in [0.3, 0.4) is 0 Å². The van der Waals surface area contributed by atoms with Crippen molar-refractivity contribution in [2.45, 2.75) is 13.0 Å². The molecule has 4 heterocycles. The predicted octanol–water partition coefficient (Wildman–Crippen LogP) is 3.30. The number of anilines is 1. The van der Waals surface area contributed by atoms with Gasteiger partial charge in [0.25, 0.3) is 11.5 Å². The number of pyridine rings is 1. The van der Waals surface area contributed by atoms with Crippen molar-refractivity contribution in [2.75, 3.05) is 5.73 Å². The van der Waals surface area contributed by atoms with Gasteiger partial charge in [0.15, 0.2) is 11.5 Å². The number of nitrogens with zero attached hydrogens (tertiary/aromatic N) is 6. The van der Waals surface area contributed by atoms with Crippen LogP contribution in [-0.4, -0.2) is 35.0 Å². The molecule has 1 atom stereocenters. The molecule has 0 aliphatic carbocycles. The van der Waals surface area contributed by atoms with Crippen LogP contribution >= 0.6 is 0 Å². The Morgan fingerprint density at radius 3 is 2.58 bits per heavy atom. The molecule has 0 aliphatic heterocycles. The predicted molar refractivity (Wildman–Crippen MR) is 151 cm³/mol. The number of benzene rings is 2. The minimum atomic E-state index is -0.686. The zero-order valence-electron chi connectivity index (χ0n) is 21.3. The highest BCUT2D eigenvalue weighted by molar-refractivity contribution is 6.04. The third kappa shape index (κ3) is 4.41. The SMILES string of the molecule is C[C@H](NC(=O)c1c(N)nn2cccnc12)c1nc2cccc(C#Cc3ccncc3)c2c(=O)n1-c1ccccc1. The third-order valence-electron chi connectivity index (χ3n) is 6.34. The second-order valence-electron chi connectivity index (χ2n) is 8.97. The second kappa shape index (κ2) is 10.2. The molecule has 2 aromatic carbocycles. The highest BCUT2D eigenvalue weighted by Crippen LogP contribution is 2.22. The number of para-hydroxylation sites is 1. The number of aromatic nitrogens is 6. The van der Waals surface area contributed by atoms with E-state index in [0.717, 1.165) is 5.56 Å². The number of hydrogen-bond acceptors (Lipinski definition) is 7. The molecular formula is C30H22N8O2. The Balaban J connectivity index is 1.48. The molecular weight excluding hydrogens is 504 g/mol. The van der Waals surface area contributed by atoms with E-state index in [1.54, 1.807) is 68.1 Å². The maximum atomic E-state index is 14.1. The summed E-state index contributed by atoms with van der Waals surface area (Å²) in [7, 11) is 0. The largest absolute Gasteiger partial charge is 0.381 e. The van der Waals surface area contributed by atoms with Gasteiger partial charge in [-0.1, -0.05) is 36.1 Å². The van der Waals surface area contributed by atoms with Gasteiger partial charge in [-0.2, -0.15) is 0 Å². The van der Waals surface area contributed by atoms with Crippen molar-refractivity contribution >= 4 is 28.3 Å². The van der Waals surface area contributed by atoms with E-state index in [9.17, 15) is 9.59 Å². The zero-order chi connectivity index (χ0) is 27.6. The molecule has 194 valence electrons. The summed E-state index contributed by atoms with van der Waals surface area (Å²) in [5.41, 5.74) is 8.62. The molecule has 4 aromatic heterocycles. The maximum Gasteiger partial charge on any atom is 0.267 e. The first-order valence-electron chi connectivity index (χ1n) is 12.4. The summed E-state index contributed by atoms with van der Waals surface area (Å²) >= 11 is 0. The molecule has 0 radical (unpaired) electrons. The lowest BCUT2D eigenvalue weighted by Gasteiger charge is -2.20. The summed E-state index contributed by atoms with van der Waals surface area (Å²) in [5.74, 6) is 6.12. The summed E-state index contributed by atoms with van der Waals surface area (Å²) < 4.78 is 2.94. The van der Waals surface area contributed by atoms with Gasteiger partial charge in [0.2, 0.25) is 0 Å². The van der Waals surface area contributed by atoms with E-state index in [0.29, 0.717) is 33.6 Å². The fourth-order valence-electron chi connectivity index (χ4n) is 4.50. The third-order valence-corrected chi connectivity index (χ3v) is 6.34. The van der Waals surface area contributed by atoms with E-state index >= 15 is 0 Å². The lowest BCUT2D eigenvalue weighted by atomic mass is 10.1. The number of hydrogen-bond donors (Lipinski definition) is 2. The van der Waals surface area contributed by atoms with Crippen molar-refractivity contribution in [1.82, 2.24) is 34.4 Å². The molecule has 40 heavy (non-hydrogen) atoms. The van der Waals surface area contributed by atoms with E-state index < -0.39 is 11.9 Å². The lowest BCUT2D eigenvalue weighted by Crippen LogP contribution is -2.33. The minimum absolute atomic E-state index is 0.0488. The summed E-state index contributed by atoms with van der Waals surface area (Å²) in [6.45, 7) is 1.76. The van der Waals surface area contributed by atoms with E-state index in [4.69, 9.17) is 10.7 Å². The highest BCUT2D eigenvalue weighted by atomic mass is 16.2. The minimum Gasteiger partial charge on any atom is -0.381 e. The molecule has 0 saturated heterocycles. The van der Waals surface area contributed by atoms with E-state index in [-0.39, 0.29) is 16.9 Å². The van der Waals surface area contributed by atoms with Gasteiger partial charge in [-0.3, -0.25) is 19.1 Å². The molecule has 0 bridgehead atoms. The van der Waals surface area contributed by atoms with Gasteiger partial charge in [0, 0.05) is 35.9 Å². The van der Waals surface area contributed by atoms with E-state index in [1.165, 1.54) is 9.08 Å². The number of rotatable bonds is 4. The molecule has 6 aromatic rings. The number of nitrogens with one attached hydrogen (secondary N) is 1. The molecule has 0 unspecified atom stereocenters. The average molecular weight is 527 g/mol. The first-order valence-corrected chi connectivity index (χ1v) is 12.4. The van der Waals surface area contributed by atoms with Crippen molar-refractivity contribution in [2.24, 2.45) is 0 Å². The first-order chi connectivity index (χ1) is 19.5. The molecule has 0 aliphatic rings. The van der Waals surface area contributed by atoms with E-state index in [1.807, 2.05) is 30.3 Å². The van der Waals surface area contributed by atoms with Crippen LogP contribution in [0, 0.1) is 11.8 Å². The average Bonchev–Trinajstić information content (AvgIpc) is 3.32. The number of nitrogen functional groups attached to an aromatic ring is 1. The Bertz CT molecular complexity index is 2000. The van der Waals surface area contributed by atoms with Gasteiger partial charge in [0.05, 0.1) is 22.6 Å². The van der Waals surface area contributed by atoms with Crippen molar-refractivity contribution in [1.29, 1.82) is 0 Å². The van der Waals surface area contributed by atoms with Gasteiger partial charge in [0.1, 0.15) is 11.4 Å². The smallest absolute Gasteiger partial charge is 0.267 e. The van der Waals surface area contributed by atoms with Crippen LogP contribution in [0.5, 0.6) is 0 Å². The van der Waals surface area contributed by atoms with Gasteiger partial charge in [-0.15, -0.1) is 5.10 Å². The Labute approximate surface area is 228 Å². The van der Waals surface area contributed by atoms with Crippen LogP contribution in [0.4, 0.5) is 5.82 Å². The number of amides is 1. The van der Waals surface area contributed by atoms with Gasteiger partial charge in [-0.25, -0.2) is 14.5 Å². The van der Waals surface area contributed by atoms with Crippen molar-refractivity contribution in [3.63, 3.8) is 0 Å². The first kappa shape index (κ1) is 24.5. The van der Waals surface area contributed by atoms with Crippen molar-refractivity contribution in [3.8, 4) is 17.5 Å². The molecule has 0 spiro atoms. The monoisotopic (exact) mass is 526 g/mol. The van der Waals surface area contributed by atoms with Crippen LogP contribution < -0.4 is 16.6 Å². The summed E-state index contributed by atoms with van der Waals surface area (Å²) in [6, 6.07) is 19.1. The van der Waals surface area contributed by atoms with Crippen molar-refractivity contribution < 1.29 is 4.79 Å². The fourth-order valence-corrected chi connectivity index (χ4v) is 4.50. The van der Waals surface area contributed by atoms with Gasteiger partial charge >= 0.3 is 0 Å². The Hall–Kier alpha value is -5.82. The molecule has 3 N–H and O–H groups in total. The number of nitrogens with two attached hydrogens (primary N) is 1. The topological polar surface area (TPSA) is 133 Å². The Morgan fingerprint density at radius 2 is 1.77 bits per heavy atom. The highest BCUT2D eigenvalue weighted by Gasteiger charge is 2.24. The normalized spacial score (nSPS) is 11.6. The number of carbonyl (C=O) groups excluding carboxylic acids is 1. The standard InChI is InChI=1S/C30H22N8O2/c1-19(34-29(39)25-26(31)36-37-18-6-15-33-28(25)37)27-35-23-10-5-7-21(12-11-20-13-16-32-17-14-20)24(23)30(40)38(27)22-8-3-2-4-9-22/h2-10,13-19H,1H3,(H2,31,36)(H,34,39)/t19-/m0/s1. The Kier molecular flexibility index (Phi) is 6.22. The van der Waals surface area contributed by atoms with Crippen LogP contribution in [-0.2, 0) is 0 Å². The van der Waals surface area contributed by atoms with Gasteiger partial charge < -0.3 is 11.1 Å². The Morgan fingerprint density at radius 1 is 0.975 bits per heavy atom. The maximum absolute atomic E-state index is 14.1. The molecule has 1 amide bonds. The molecule has 6 rings (SSSR count). The van der Waals surface area contributed by atoms with Gasteiger partial charge in [-0.05, 0) is 49.4 Å². The number of carbonyl (C=O) groups is 1. The lowest BCUT2D eigenvalue weighted by molar-refractivity contribution is 0.0940. The molecule has 0 fully saturated rings. The summed E-state index contributed by atoms with van der Waals surface area (Å²) in [6.07, 6.45) is 6.54. The van der Waals surface area contributed by atoms with Crippen LogP contribution in [0.15, 0.2) is 96.3 Å². The number of fused-ring (bicyclic) bond motifs is 2. The molecule has 10 heteroatoms. The van der Waals surface area contributed by atoms with Crippen LogP contribution in [0.2, 0.25) is 0 Å².